The molecule has 0 aliphatic rings. The predicted octanol–water partition coefficient (Wildman–Crippen LogP) is 4.73. The lowest BCUT2D eigenvalue weighted by Crippen LogP contribution is -2.11. The molecule has 1 heterocycles. The van der Waals surface area contributed by atoms with E-state index in [4.69, 9.17) is 9.05 Å². The summed E-state index contributed by atoms with van der Waals surface area (Å²) in [4.78, 5) is 3.23. The second-order valence-corrected chi connectivity index (χ2v) is 8.53. The summed E-state index contributed by atoms with van der Waals surface area (Å²) >= 11 is 1.69. The molecule has 0 saturated carbocycles. The third-order valence-corrected chi connectivity index (χ3v) is 6.68. The highest BCUT2D eigenvalue weighted by Crippen LogP contribution is 2.53. The van der Waals surface area contributed by atoms with Crippen molar-refractivity contribution in [2.45, 2.75) is 26.6 Å². The quantitative estimate of drug-likeness (QED) is 0.651. The Bertz CT molecular complexity index is 658. The van der Waals surface area contributed by atoms with Crippen LogP contribution in [0, 0.1) is 0 Å². The normalized spacial score (nSPS) is 12.4. The van der Waals surface area contributed by atoms with E-state index in [1.807, 2.05) is 40.1 Å². The van der Waals surface area contributed by atoms with Gasteiger partial charge >= 0.3 is 7.60 Å². The first kappa shape index (κ1) is 17.6. The maximum atomic E-state index is 12.8. The molecule has 0 fully saturated rings. The Labute approximate surface area is 136 Å². The average molecular weight is 341 g/mol. The Kier molecular flexibility index (Phi) is 6.18. The lowest BCUT2D eigenvalue weighted by molar-refractivity contribution is 0.219. The van der Waals surface area contributed by atoms with Crippen LogP contribution in [0.3, 0.4) is 0 Å². The molecular weight excluding hydrogens is 317 g/mol. The molecule has 0 aliphatic carbocycles. The molecule has 0 unspecified atom stereocenters. The molecule has 122 valence electrons. The first-order valence-corrected chi connectivity index (χ1v) is 10.1. The molecule has 2 rings (SSSR count). The summed E-state index contributed by atoms with van der Waals surface area (Å²) in [6.45, 7) is 5.29. The molecule has 0 N–H and O–H groups in total. The summed E-state index contributed by atoms with van der Waals surface area (Å²) in [5, 5.41) is 1.23. The summed E-state index contributed by atoms with van der Waals surface area (Å²) in [5.74, 6) is 0. The molecule has 6 heteroatoms. The molecule has 0 saturated heterocycles. The molecule has 1 aromatic carbocycles. The van der Waals surface area contributed by atoms with Crippen molar-refractivity contribution in [3.05, 3.63) is 34.7 Å². The minimum atomic E-state index is -3.07. The van der Waals surface area contributed by atoms with Crippen LogP contribution >= 0.6 is 18.9 Å². The SMILES string of the molecule is CCOP(=O)(Cc1sc2ccccc2c1CN(C)C)OCC. The number of nitrogens with zero attached hydrogens (tertiary/aromatic N) is 1. The molecule has 1 aromatic heterocycles. The fourth-order valence-electron chi connectivity index (χ4n) is 2.46. The van der Waals surface area contributed by atoms with Gasteiger partial charge in [-0.15, -0.1) is 11.3 Å². The molecule has 4 nitrogen and oxygen atoms in total. The molecule has 0 atom stereocenters. The molecule has 22 heavy (non-hydrogen) atoms. The van der Waals surface area contributed by atoms with Crippen LogP contribution in [0.5, 0.6) is 0 Å². The highest BCUT2D eigenvalue weighted by molar-refractivity contribution is 7.53. The zero-order valence-electron chi connectivity index (χ0n) is 13.7. The van der Waals surface area contributed by atoms with Crippen molar-refractivity contribution in [1.29, 1.82) is 0 Å². The third kappa shape index (κ3) is 4.18. The van der Waals surface area contributed by atoms with E-state index in [1.54, 1.807) is 11.3 Å². The number of benzene rings is 1. The van der Waals surface area contributed by atoms with Gasteiger partial charge in [-0.25, -0.2) is 0 Å². The molecule has 0 spiro atoms. The van der Waals surface area contributed by atoms with Gasteiger partial charge in [-0.05, 0) is 45.0 Å². The minimum Gasteiger partial charge on any atom is -0.309 e. The van der Waals surface area contributed by atoms with Crippen LogP contribution in [0.4, 0.5) is 0 Å². The van der Waals surface area contributed by atoms with Crippen molar-refractivity contribution in [3.63, 3.8) is 0 Å². The highest BCUT2D eigenvalue weighted by atomic mass is 32.1. The largest absolute Gasteiger partial charge is 0.335 e. The minimum absolute atomic E-state index is 0.344. The summed E-state index contributed by atoms with van der Waals surface area (Å²) in [5.41, 5.74) is 1.23. The van der Waals surface area contributed by atoms with Gasteiger partial charge < -0.3 is 13.9 Å². The van der Waals surface area contributed by atoms with Crippen LogP contribution in [0.25, 0.3) is 10.1 Å². The van der Waals surface area contributed by atoms with Crippen molar-refractivity contribution in [2.75, 3.05) is 27.3 Å². The fourth-order valence-corrected chi connectivity index (χ4v) is 5.79. The van der Waals surface area contributed by atoms with Crippen LogP contribution in [-0.4, -0.2) is 32.2 Å². The maximum Gasteiger partial charge on any atom is 0.335 e. The van der Waals surface area contributed by atoms with Gasteiger partial charge in [-0.3, -0.25) is 4.57 Å². The molecule has 2 aromatic rings. The van der Waals surface area contributed by atoms with Crippen molar-refractivity contribution in [1.82, 2.24) is 4.90 Å². The zero-order chi connectivity index (χ0) is 16.2. The zero-order valence-corrected chi connectivity index (χ0v) is 15.4. The summed E-state index contributed by atoms with van der Waals surface area (Å²) in [6.07, 6.45) is 0.344. The van der Waals surface area contributed by atoms with Gasteiger partial charge in [0.05, 0.1) is 19.4 Å². The summed E-state index contributed by atoms with van der Waals surface area (Å²) in [6, 6.07) is 8.31. The van der Waals surface area contributed by atoms with E-state index in [0.717, 1.165) is 11.4 Å². The number of fused-ring (bicyclic) bond motifs is 1. The van der Waals surface area contributed by atoms with Gasteiger partial charge in [0.1, 0.15) is 0 Å². The van der Waals surface area contributed by atoms with E-state index in [0.29, 0.717) is 19.4 Å². The van der Waals surface area contributed by atoms with Crippen LogP contribution in [0.2, 0.25) is 0 Å². The molecule has 0 amide bonds. The second kappa shape index (κ2) is 7.71. The van der Waals surface area contributed by atoms with Crippen molar-refractivity contribution < 1.29 is 13.6 Å². The summed E-state index contributed by atoms with van der Waals surface area (Å²) in [7, 11) is 1.01. The van der Waals surface area contributed by atoms with Gasteiger partial charge in [0.2, 0.25) is 0 Å². The molecule has 0 radical (unpaired) electrons. The highest BCUT2D eigenvalue weighted by Gasteiger charge is 2.27. The predicted molar refractivity (Wildman–Crippen MR) is 93.8 cm³/mol. The fraction of sp³-hybridized carbons (Fsp3) is 0.500. The third-order valence-electron chi connectivity index (χ3n) is 3.25. The standard InChI is InChI=1S/C16H24NO3PS/c1-5-19-21(18,20-6-2)12-16-14(11-17(3)4)13-9-7-8-10-15(13)22-16/h7-10H,5-6,11-12H2,1-4H3. The van der Waals surface area contributed by atoms with E-state index in [2.05, 4.69) is 17.0 Å². The van der Waals surface area contributed by atoms with Crippen LogP contribution < -0.4 is 0 Å². The van der Waals surface area contributed by atoms with Gasteiger partial charge in [-0.1, -0.05) is 18.2 Å². The van der Waals surface area contributed by atoms with Gasteiger partial charge in [0.15, 0.2) is 0 Å². The van der Waals surface area contributed by atoms with E-state index in [-0.39, 0.29) is 0 Å². The van der Waals surface area contributed by atoms with Crippen LogP contribution in [0.15, 0.2) is 24.3 Å². The van der Waals surface area contributed by atoms with Crippen LogP contribution in [-0.2, 0) is 26.3 Å². The van der Waals surface area contributed by atoms with E-state index in [1.165, 1.54) is 15.6 Å². The molecule has 0 bridgehead atoms. The first-order chi connectivity index (χ1) is 10.5. The van der Waals surface area contributed by atoms with E-state index >= 15 is 0 Å². The van der Waals surface area contributed by atoms with E-state index < -0.39 is 7.60 Å². The smallest absolute Gasteiger partial charge is 0.309 e. The lowest BCUT2D eigenvalue weighted by atomic mass is 10.1. The van der Waals surface area contributed by atoms with Crippen molar-refractivity contribution in [3.8, 4) is 0 Å². The number of hydrogen-bond donors (Lipinski definition) is 0. The van der Waals surface area contributed by atoms with Crippen LogP contribution in [0.1, 0.15) is 24.3 Å². The molecular formula is C16H24NO3PS. The topological polar surface area (TPSA) is 38.8 Å². The Morgan fingerprint density at radius 2 is 1.77 bits per heavy atom. The van der Waals surface area contributed by atoms with Gasteiger partial charge in [0.25, 0.3) is 0 Å². The second-order valence-electron chi connectivity index (χ2n) is 5.34. The number of hydrogen-bond acceptors (Lipinski definition) is 5. The Hall–Kier alpha value is -0.710. The Morgan fingerprint density at radius 3 is 2.36 bits per heavy atom. The van der Waals surface area contributed by atoms with E-state index in [9.17, 15) is 4.57 Å². The van der Waals surface area contributed by atoms with Gasteiger partial charge in [-0.2, -0.15) is 0 Å². The van der Waals surface area contributed by atoms with Crippen molar-refractivity contribution in [2.24, 2.45) is 0 Å². The monoisotopic (exact) mass is 341 g/mol. The lowest BCUT2D eigenvalue weighted by Gasteiger charge is -2.18. The Morgan fingerprint density at radius 1 is 1.14 bits per heavy atom. The molecule has 0 aliphatic heterocycles. The first-order valence-electron chi connectivity index (χ1n) is 7.51. The van der Waals surface area contributed by atoms with Crippen molar-refractivity contribution >= 4 is 29.0 Å². The van der Waals surface area contributed by atoms with Gasteiger partial charge in [0, 0.05) is 16.1 Å². The average Bonchev–Trinajstić information content (AvgIpc) is 2.76. The Balaban J connectivity index is 2.42. The number of rotatable bonds is 8. The number of thiophene rings is 1. The summed E-state index contributed by atoms with van der Waals surface area (Å²) < 4.78 is 25.0. The maximum absolute atomic E-state index is 12.8.